The van der Waals surface area contributed by atoms with E-state index in [-0.39, 0.29) is 24.0 Å². The van der Waals surface area contributed by atoms with E-state index in [4.69, 9.17) is 0 Å². The number of hydrogen-bond acceptors (Lipinski definition) is 1. The molecule has 1 aromatic carbocycles. The van der Waals surface area contributed by atoms with Crippen molar-refractivity contribution in [1.29, 1.82) is 0 Å². The van der Waals surface area contributed by atoms with Crippen LogP contribution in [0.15, 0.2) is 35.3 Å². The third-order valence-electron chi connectivity index (χ3n) is 2.21. The van der Waals surface area contributed by atoms with Crippen molar-refractivity contribution in [1.82, 2.24) is 10.2 Å². The highest BCUT2D eigenvalue weighted by molar-refractivity contribution is 14.0. The van der Waals surface area contributed by atoms with E-state index in [2.05, 4.69) is 29.4 Å². The lowest BCUT2D eigenvalue weighted by Gasteiger charge is -2.17. The maximum Gasteiger partial charge on any atom is 0.193 e. The fourth-order valence-corrected chi connectivity index (χ4v) is 1.34. The Morgan fingerprint density at radius 1 is 1.24 bits per heavy atom. The van der Waals surface area contributed by atoms with Gasteiger partial charge in [-0.2, -0.15) is 0 Å². The fourth-order valence-electron chi connectivity index (χ4n) is 1.34. The number of halogens is 1. The van der Waals surface area contributed by atoms with Crippen molar-refractivity contribution in [3.63, 3.8) is 0 Å². The first kappa shape index (κ1) is 16.2. The van der Waals surface area contributed by atoms with Crippen LogP contribution in [-0.2, 0) is 6.54 Å². The summed E-state index contributed by atoms with van der Waals surface area (Å²) in [7, 11) is 4.01. The summed E-state index contributed by atoms with van der Waals surface area (Å²) in [5, 5.41) is 3.32. The van der Waals surface area contributed by atoms with E-state index in [9.17, 15) is 0 Å². The van der Waals surface area contributed by atoms with Crippen LogP contribution in [0, 0.1) is 0 Å². The lowest BCUT2D eigenvalue weighted by atomic mass is 10.2. The number of rotatable bonds is 4. The van der Waals surface area contributed by atoms with Crippen LogP contribution >= 0.6 is 24.0 Å². The molecule has 3 nitrogen and oxygen atoms in total. The van der Waals surface area contributed by atoms with Gasteiger partial charge in [-0.1, -0.05) is 37.3 Å². The molecule has 0 unspecified atom stereocenters. The molecule has 0 aliphatic heterocycles. The smallest absolute Gasteiger partial charge is 0.193 e. The van der Waals surface area contributed by atoms with Gasteiger partial charge in [-0.3, -0.25) is 0 Å². The Hall–Kier alpha value is -0.780. The van der Waals surface area contributed by atoms with Gasteiger partial charge in [0.05, 0.1) is 6.54 Å². The molecule has 0 aliphatic carbocycles. The molecule has 0 aromatic heterocycles. The Balaban J connectivity index is 0.00000256. The van der Waals surface area contributed by atoms with E-state index >= 15 is 0 Å². The second-order valence-electron chi connectivity index (χ2n) is 3.95. The van der Waals surface area contributed by atoms with Crippen LogP contribution in [0.1, 0.15) is 18.9 Å². The Morgan fingerprint density at radius 2 is 1.88 bits per heavy atom. The van der Waals surface area contributed by atoms with Crippen LogP contribution < -0.4 is 5.32 Å². The lowest BCUT2D eigenvalue weighted by molar-refractivity contribution is 0.578. The molecule has 4 heteroatoms. The van der Waals surface area contributed by atoms with Crippen LogP contribution in [0.5, 0.6) is 0 Å². The van der Waals surface area contributed by atoms with E-state index in [1.54, 1.807) is 0 Å². The number of hydrogen-bond donors (Lipinski definition) is 1. The van der Waals surface area contributed by atoms with Crippen molar-refractivity contribution >= 4 is 29.9 Å². The molecule has 17 heavy (non-hydrogen) atoms. The quantitative estimate of drug-likeness (QED) is 0.515. The summed E-state index contributed by atoms with van der Waals surface area (Å²) in [5.41, 5.74) is 1.24. The molecule has 96 valence electrons. The molecule has 0 fully saturated rings. The fraction of sp³-hybridized carbons (Fsp3) is 0.462. The lowest BCUT2D eigenvalue weighted by Crippen LogP contribution is -2.36. The predicted molar refractivity (Wildman–Crippen MR) is 85.0 cm³/mol. The molecule has 0 saturated heterocycles. The Labute approximate surface area is 121 Å². The Morgan fingerprint density at radius 3 is 2.41 bits per heavy atom. The molecule has 0 amide bonds. The van der Waals surface area contributed by atoms with Gasteiger partial charge in [0.15, 0.2) is 5.96 Å². The molecule has 0 bridgehead atoms. The maximum absolute atomic E-state index is 4.56. The summed E-state index contributed by atoms with van der Waals surface area (Å²) in [5.74, 6) is 0.950. The minimum absolute atomic E-state index is 0. The summed E-state index contributed by atoms with van der Waals surface area (Å²) in [6, 6.07) is 10.3. The molecular formula is C13H22IN3. The minimum atomic E-state index is 0. The standard InChI is InChI=1S/C13H21N3.HI/c1-4-10-14-13(16(2)3)15-11-12-8-6-5-7-9-12;/h5-9H,4,10-11H2,1-3H3,(H,14,15);1H. The van der Waals surface area contributed by atoms with Gasteiger partial charge in [-0.05, 0) is 12.0 Å². The van der Waals surface area contributed by atoms with Crippen LogP contribution in [0.2, 0.25) is 0 Å². The number of nitrogens with one attached hydrogen (secondary N) is 1. The van der Waals surface area contributed by atoms with Crippen molar-refractivity contribution in [2.75, 3.05) is 20.6 Å². The zero-order valence-electron chi connectivity index (χ0n) is 10.8. The van der Waals surface area contributed by atoms with Crippen molar-refractivity contribution in [3.05, 3.63) is 35.9 Å². The summed E-state index contributed by atoms with van der Waals surface area (Å²) in [6.07, 6.45) is 1.11. The summed E-state index contributed by atoms with van der Waals surface area (Å²) >= 11 is 0. The Bertz CT molecular complexity index is 323. The minimum Gasteiger partial charge on any atom is -0.356 e. The maximum atomic E-state index is 4.56. The monoisotopic (exact) mass is 347 g/mol. The number of aliphatic imine (C=N–C) groups is 1. The van der Waals surface area contributed by atoms with Gasteiger partial charge < -0.3 is 10.2 Å². The summed E-state index contributed by atoms with van der Waals surface area (Å²) in [6.45, 7) is 3.84. The average molecular weight is 347 g/mol. The van der Waals surface area contributed by atoms with E-state index in [1.807, 2.05) is 37.2 Å². The molecule has 0 spiro atoms. The van der Waals surface area contributed by atoms with E-state index < -0.39 is 0 Å². The van der Waals surface area contributed by atoms with Gasteiger partial charge in [-0.25, -0.2) is 4.99 Å². The molecule has 0 atom stereocenters. The van der Waals surface area contributed by atoms with E-state index in [1.165, 1.54) is 5.56 Å². The highest BCUT2D eigenvalue weighted by atomic mass is 127. The van der Waals surface area contributed by atoms with E-state index in [0.717, 1.165) is 25.5 Å². The zero-order chi connectivity index (χ0) is 11.8. The second kappa shape index (κ2) is 9.27. The van der Waals surface area contributed by atoms with Gasteiger partial charge in [-0.15, -0.1) is 24.0 Å². The molecule has 1 rings (SSSR count). The molecule has 0 saturated carbocycles. The zero-order valence-corrected chi connectivity index (χ0v) is 13.1. The van der Waals surface area contributed by atoms with Crippen molar-refractivity contribution in [2.45, 2.75) is 19.9 Å². The summed E-state index contributed by atoms with van der Waals surface area (Å²) < 4.78 is 0. The summed E-state index contributed by atoms with van der Waals surface area (Å²) in [4.78, 5) is 6.57. The third kappa shape index (κ3) is 6.51. The first-order valence-corrected chi connectivity index (χ1v) is 5.73. The molecular weight excluding hydrogens is 325 g/mol. The highest BCUT2D eigenvalue weighted by Crippen LogP contribution is 2.00. The number of benzene rings is 1. The van der Waals surface area contributed by atoms with Gasteiger partial charge in [0, 0.05) is 20.6 Å². The molecule has 0 heterocycles. The average Bonchev–Trinajstić information content (AvgIpc) is 2.30. The highest BCUT2D eigenvalue weighted by Gasteiger charge is 1.99. The predicted octanol–water partition coefficient (Wildman–Crippen LogP) is 2.72. The van der Waals surface area contributed by atoms with Gasteiger partial charge >= 0.3 is 0 Å². The third-order valence-corrected chi connectivity index (χ3v) is 2.21. The molecule has 0 aliphatic rings. The largest absolute Gasteiger partial charge is 0.356 e. The first-order valence-electron chi connectivity index (χ1n) is 5.73. The number of guanidine groups is 1. The SMILES string of the molecule is CCCNC(=NCc1ccccc1)N(C)C.I. The van der Waals surface area contributed by atoms with Crippen LogP contribution in [0.4, 0.5) is 0 Å². The molecule has 1 aromatic rings. The normalized spacial score (nSPS) is 10.6. The van der Waals surface area contributed by atoms with Crippen LogP contribution in [0.3, 0.4) is 0 Å². The van der Waals surface area contributed by atoms with Crippen molar-refractivity contribution in [2.24, 2.45) is 4.99 Å². The van der Waals surface area contributed by atoms with Gasteiger partial charge in [0.25, 0.3) is 0 Å². The van der Waals surface area contributed by atoms with Crippen molar-refractivity contribution in [3.8, 4) is 0 Å². The number of nitrogens with zero attached hydrogens (tertiary/aromatic N) is 2. The second-order valence-corrected chi connectivity index (χ2v) is 3.95. The van der Waals surface area contributed by atoms with Crippen LogP contribution in [-0.4, -0.2) is 31.5 Å². The molecule has 0 radical (unpaired) electrons. The Kier molecular flexibility index (Phi) is 8.85. The van der Waals surface area contributed by atoms with Gasteiger partial charge in [0.2, 0.25) is 0 Å². The first-order chi connectivity index (χ1) is 7.74. The topological polar surface area (TPSA) is 27.6 Å². The van der Waals surface area contributed by atoms with E-state index in [0.29, 0.717) is 0 Å². The van der Waals surface area contributed by atoms with Crippen LogP contribution in [0.25, 0.3) is 0 Å². The molecule has 1 N–H and O–H groups in total. The van der Waals surface area contributed by atoms with Crippen molar-refractivity contribution < 1.29 is 0 Å². The van der Waals surface area contributed by atoms with Gasteiger partial charge in [0.1, 0.15) is 0 Å².